The van der Waals surface area contributed by atoms with Crippen molar-refractivity contribution in [2.24, 2.45) is 0 Å². The molecule has 7 heteroatoms. The lowest BCUT2D eigenvalue weighted by molar-refractivity contribution is -0.117. The number of nitrogens with one attached hydrogen (secondary N) is 1. The molecular formula is C22H20ClN3O2S. The SMILES string of the molecule is CCc1ccc(N2C(=O)C(Cc3ccc(Cl)cc3)S/C2=C(/C#N)C(=O)NC)cc1. The second-order valence-corrected chi connectivity index (χ2v) is 8.13. The van der Waals surface area contributed by atoms with E-state index in [2.05, 4.69) is 12.2 Å². The Morgan fingerprint density at radius 1 is 1.17 bits per heavy atom. The first-order chi connectivity index (χ1) is 14.0. The van der Waals surface area contributed by atoms with Crippen LogP contribution < -0.4 is 10.2 Å². The maximum Gasteiger partial charge on any atom is 0.264 e. The van der Waals surface area contributed by atoms with E-state index < -0.39 is 11.2 Å². The molecular weight excluding hydrogens is 406 g/mol. The molecule has 0 spiro atoms. The Bertz CT molecular complexity index is 994. The number of rotatable bonds is 5. The summed E-state index contributed by atoms with van der Waals surface area (Å²) < 4.78 is 0. The molecule has 0 radical (unpaired) electrons. The molecule has 0 bridgehead atoms. The van der Waals surface area contributed by atoms with Crippen LogP contribution in [-0.2, 0) is 22.4 Å². The van der Waals surface area contributed by atoms with Crippen LogP contribution in [0.2, 0.25) is 5.02 Å². The fraction of sp³-hybridized carbons (Fsp3) is 0.227. The molecule has 0 aliphatic carbocycles. The van der Waals surface area contributed by atoms with Gasteiger partial charge in [0.1, 0.15) is 16.7 Å². The monoisotopic (exact) mass is 425 g/mol. The van der Waals surface area contributed by atoms with E-state index in [1.807, 2.05) is 42.5 Å². The number of thioether (sulfide) groups is 1. The summed E-state index contributed by atoms with van der Waals surface area (Å²) in [5.74, 6) is -0.661. The molecule has 1 aliphatic heterocycles. The summed E-state index contributed by atoms with van der Waals surface area (Å²) >= 11 is 7.20. The number of anilines is 1. The highest BCUT2D eigenvalue weighted by Gasteiger charge is 2.40. The average molecular weight is 426 g/mol. The summed E-state index contributed by atoms with van der Waals surface area (Å²) in [5.41, 5.74) is 2.68. The van der Waals surface area contributed by atoms with Crippen molar-refractivity contribution in [2.45, 2.75) is 25.0 Å². The zero-order chi connectivity index (χ0) is 21.0. The fourth-order valence-corrected chi connectivity index (χ4v) is 4.50. The van der Waals surface area contributed by atoms with Gasteiger partial charge in [0.25, 0.3) is 5.91 Å². The van der Waals surface area contributed by atoms with E-state index >= 15 is 0 Å². The van der Waals surface area contributed by atoms with E-state index in [-0.39, 0.29) is 11.5 Å². The summed E-state index contributed by atoms with van der Waals surface area (Å²) in [6, 6.07) is 16.9. The summed E-state index contributed by atoms with van der Waals surface area (Å²) in [7, 11) is 1.47. The number of carbonyl (C=O) groups is 2. The quantitative estimate of drug-likeness (QED) is 0.578. The van der Waals surface area contributed by atoms with Crippen molar-refractivity contribution in [3.63, 3.8) is 0 Å². The van der Waals surface area contributed by atoms with Crippen molar-refractivity contribution < 1.29 is 9.59 Å². The predicted octanol–water partition coefficient (Wildman–Crippen LogP) is 4.07. The highest BCUT2D eigenvalue weighted by molar-refractivity contribution is 8.05. The molecule has 1 heterocycles. The average Bonchev–Trinajstić information content (AvgIpc) is 3.05. The van der Waals surface area contributed by atoms with Crippen LogP contribution in [0.4, 0.5) is 5.69 Å². The van der Waals surface area contributed by atoms with Crippen LogP contribution in [-0.4, -0.2) is 24.1 Å². The molecule has 1 N–H and O–H groups in total. The van der Waals surface area contributed by atoms with Crippen molar-refractivity contribution in [1.82, 2.24) is 5.32 Å². The van der Waals surface area contributed by atoms with Crippen molar-refractivity contribution in [1.29, 1.82) is 5.26 Å². The Balaban J connectivity index is 2.02. The molecule has 0 aromatic heterocycles. The van der Waals surface area contributed by atoms with Gasteiger partial charge >= 0.3 is 0 Å². The molecule has 29 heavy (non-hydrogen) atoms. The fourth-order valence-electron chi connectivity index (χ4n) is 3.06. The summed E-state index contributed by atoms with van der Waals surface area (Å²) in [5, 5.41) is 12.6. The van der Waals surface area contributed by atoms with Gasteiger partial charge in [0.05, 0.1) is 5.25 Å². The van der Waals surface area contributed by atoms with Crippen LogP contribution in [0.5, 0.6) is 0 Å². The molecule has 2 aromatic rings. The van der Waals surface area contributed by atoms with Gasteiger partial charge in [-0.1, -0.05) is 54.6 Å². The van der Waals surface area contributed by atoms with Gasteiger partial charge in [0.15, 0.2) is 0 Å². The molecule has 1 aliphatic rings. The summed E-state index contributed by atoms with van der Waals surface area (Å²) in [6.07, 6.45) is 1.35. The number of hydrogen-bond acceptors (Lipinski definition) is 4. The van der Waals surface area contributed by atoms with Crippen molar-refractivity contribution in [2.75, 3.05) is 11.9 Å². The molecule has 148 valence electrons. The number of nitrogens with zero attached hydrogens (tertiary/aromatic N) is 2. The highest BCUT2D eigenvalue weighted by Crippen LogP contribution is 2.42. The minimum absolute atomic E-state index is 0.0657. The van der Waals surface area contributed by atoms with Crippen LogP contribution in [0.15, 0.2) is 59.1 Å². The van der Waals surface area contributed by atoms with Gasteiger partial charge < -0.3 is 5.32 Å². The van der Waals surface area contributed by atoms with Gasteiger partial charge in [0.2, 0.25) is 5.91 Å². The normalized spacial score (nSPS) is 17.8. The van der Waals surface area contributed by atoms with Gasteiger partial charge in [-0.2, -0.15) is 5.26 Å². The summed E-state index contributed by atoms with van der Waals surface area (Å²) in [6.45, 7) is 2.05. The Morgan fingerprint density at radius 2 is 1.79 bits per heavy atom. The van der Waals surface area contributed by atoms with Crippen LogP contribution in [0.3, 0.4) is 0 Å². The molecule has 2 aromatic carbocycles. The van der Waals surface area contributed by atoms with E-state index in [9.17, 15) is 14.9 Å². The van der Waals surface area contributed by atoms with E-state index in [4.69, 9.17) is 11.6 Å². The largest absolute Gasteiger partial charge is 0.354 e. The van der Waals surface area contributed by atoms with Crippen molar-refractivity contribution in [3.8, 4) is 6.07 Å². The standard InChI is InChI=1S/C22H20ClN3O2S/c1-3-14-6-10-17(11-7-14)26-21(28)19(12-15-4-8-16(23)9-5-15)29-22(26)18(13-24)20(27)25-2/h4-11,19H,3,12H2,1-2H3,(H,25,27)/b22-18-. The number of halogens is 1. The van der Waals surface area contributed by atoms with E-state index in [0.29, 0.717) is 22.2 Å². The number of nitriles is 1. The van der Waals surface area contributed by atoms with Gasteiger partial charge in [-0.25, -0.2) is 0 Å². The molecule has 1 fully saturated rings. The topological polar surface area (TPSA) is 73.2 Å². The van der Waals surface area contributed by atoms with Gasteiger partial charge in [0, 0.05) is 17.8 Å². The van der Waals surface area contributed by atoms with E-state index in [0.717, 1.165) is 17.5 Å². The Labute approximate surface area is 179 Å². The van der Waals surface area contributed by atoms with E-state index in [1.165, 1.54) is 23.7 Å². The third kappa shape index (κ3) is 4.47. The smallest absolute Gasteiger partial charge is 0.264 e. The number of hydrogen-bond donors (Lipinski definition) is 1. The minimum atomic E-state index is -0.509. The zero-order valence-corrected chi connectivity index (χ0v) is 17.7. The van der Waals surface area contributed by atoms with Gasteiger partial charge in [-0.3, -0.25) is 14.5 Å². The van der Waals surface area contributed by atoms with Crippen molar-refractivity contribution in [3.05, 3.63) is 75.3 Å². The van der Waals surface area contributed by atoms with E-state index in [1.54, 1.807) is 12.1 Å². The molecule has 1 saturated heterocycles. The molecule has 2 amide bonds. The van der Waals surface area contributed by atoms with Crippen molar-refractivity contribution >= 4 is 40.9 Å². The molecule has 3 rings (SSSR count). The second kappa shape index (κ2) is 9.17. The van der Waals surface area contributed by atoms with Crippen LogP contribution in [0, 0.1) is 11.3 Å². The highest BCUT2D eigenvalue weighted by atomic mass is 35.5. The maximum absolute atomic E-state index is 13.3. The number of likely N-dealkylation sites (N-methyl/N-ethyl adjacent to an activating group) is 1. The van der Waals surface area contributed by atoms with Gasteiger partial charge in [-0.15, -0.1) is 0 Å². The number of aryl methyl sites for hydroxylation is 1. The molecule has 5 nitrogen and oxygen atoms in total. The lowest BCUT2D eigenvalue weighted by Gasteiger charge is -2.19. The van der Waals surface area contributed by atoms with Gasteiger partial charge in [-0.05, 0) is 48.2 Å². The van der Waals surface area contributed by atoms with Crippen LogP contribution >= 0.6 is 23.4 Å². The lowest BCUT2D eigenvalue weighted by Crippen LogP contribution is -2.31. The Morgan fingerprint density at radius 3 is 2.34 bits per heavy atom. The lowest BCUT2D eigenvalue weighted by atomic mass is 10.1. The minimum Gasteiger partial charge on any atom is -0.354 e. The number of amides is 2. The number of benzene rings is 2. The first kappa shape index (κ1) is 21.0. The molecule has 0 saturated carbocycles. The first-order valence-electron chi connectivity index (χ1n) is 9.19. The first-order valence-corrected chi connectivity index (χ1v) is 10.4. The second-order valence-electron chi connectivity index (χ2n) is 6.50. The van der Waals surface area contributed by atoms with Crippen LogP contribution in [0.25, 0.3) is 0 Å². The molecule has 1 unspecified atom stereocenters. The zero-order valence-electron chi connectivity index (χ0n) is 16.1. The number of carbonyl (C=O) groups excluding carboxylic acids is 2. The maximum atomic E-state index is 13.3. The Kier molecular flexibility index (Phi) is 6.63. The third-order valence-corrected chi connectivity index (χ3v) is 6.18. The molecule has 1 atom stereocenters. The van der Waals surface area contributed by atoms with Crippen LogP contribution in [0.1, 0.15) is 18.1 Å². The predicted molar refractivity (Wildman–Crippen MR) is 117 cm³/mol. The third-order valence-electron chi connectivity index (χ3n) is 4.67. The summed E-state index contributed by atoms with van der Waals surface area (Å²) in [4.78, 5) is 27.0. The Hall–Kier alpha value is -2.75.